The van der Waals surface area contributed by atoms with Gasteiger partial charge in [-0.1, -0.05) is 30.3 Å². The number of ether oxygens (including phenoxy) is 1. The van der Waals surface area contributed by atoms with Gasteiger partial charge in [0.25, 0.3) is 5.91 Å². The van der Waals surface area contributed by atoms with Crippen LogP contribution >= 0.6 is 0 Å². The standard InChI is InChI=1S/C21H25BN2O3/c1-4-6-16-7-5-8-17(13-16)14-20(23-15-27-22)21(25)24(2)18-9-11-19(26-3)12-10-18/h4-5,7-13,15,20H,1,6,14,22H2,2-3H3/t20-/m0/s1. The lowest BCUT2D eigenvalue weighted by Gasteiger charge is -2.22. The van der Waals surface area contributed by atoms with E-state index in [2.05, 4.69) is 17.6 Å². The summed E-state index contributed by atoms with van der Waals surface area (Å²) in [5, 5.41) is 0. The average molecular weight is 364 g/mol. The molecular weight excluding hydrogens is 339 g/mol. The summed E-state index contributed by atoms with van der Waals surface area (Å²) in [5.41, 5.74) is 2.98. The molecule has 0 aliphatic heterocycles. The Morgan fingerprint density at radius 1 is 1.26 bits per heavy atom. The van der Waals surface area contributed by atoms with Gasteiger partial charge in [-0.15, -0.1) is 6.58 Å². The summed E-state index contributed by atoms with van der Waals surface area (Å²) in [6.07, 6.45) is 4.46. The number of benzene rings is 2. The molecule has 0 bridgehead atoms. The molecular formula is C21H25BN2O3. The summed E-state index contributed by atoms with van der Waals surface area (Å²) in [7, 11) is 4.87. The van der Waals surface area contributed by atoms with Crippen molar-refractivity contribution in [2.24, 2.45) is 4.99 Å². The minimum Gasteiger partial charge on any atom is -0.560 e. The summed E-state index contributed by atoms with van der Waals surface area (Å²) < 4.78 is 10.1. The number of hydrogen-bond acceptors (Lipinski definition) is 4. The zero-order valence-corrected chi connectivity index (χ0v) is 16.1. The maximum atomic E-state index is 13.0. The molecule has 6 heteroatoms. The molecule has 2 aromatic carbocycles. The van der Waals surface area contributed by atoms with Crippen molar-refractivity contribution in [3.8, 4) is 5.75 Å². The van der Waals surface area contributed by atoms with Crippen LogP contribution in [0.2, 0.25) is 0 Å². The van der Waals surface area contributed by atoms with Crippen molar-refractivity contribution in [1.82, 2.24) is 0 Å². The molecule has 0 saturated heterocycles. The number of amides is 1. The Balaban J connectivity index is 2.20. The van der Waals surface area contributed by atoms with E-state index in [1.165, 1.54) is 14.4 Å². The number of allylic oxidation sites excluding steroid dienone is 1. The van der Waals surface area contributed by atoms with E-state index in [0.29, 0.717) is 6.42 Å². The molecule has 27 heavy (non-hydrogen) atoms. The molecule has 140 valence electrons. The van der Waals surface area contributed by atoms with Crippen LogP contribution in [0, 0.1) is 0 Å². The van der Waals surface area contributed by atoms with E-state index < -0.39 is 6.04 Å². The van der Waals surface area contributed by atoms with Crippen LogP contribution in [-0.2, 0) is 22.3 Å². The fourth-order valence-electron chi connectivity index (χ4n) is 2.77. The Labute approximate surface area is 161 Å². The van der Waals surface area contributed by atoms with Gasteiger partial charge in [0, 0.05) is 19.2 Å². The number of rotatable bonds is 9. The van der Waals surface area contributed by atoms with E-state index in [4.69, 9.17) is 9.39 Å². The second kappa shape index (κ2) is 10.2. The molecule has 0 unspecified atom stereocenters. The topological polar surface area (TPSA) is 51.1 Å². The quantitative estimate of drug-likeness (QED) is 0.297. The molecule has 1 amide bonds. The number of carbonyl (C=O) groups excluding carboxylic acids is 1. The summed E-state index contributed by atoms with van der Waals surface area (Å²) in [4.78, 5) is 18.9. The van der Waals surface area contributed by atoms with Crippen LogP contribution in [-0.4, -0.2) is 40.6 Å². The highest BCUT2D eigenvalue weighted by molar-refractivity contribution is 6.03. The van der Waals surface area contributed by atoms with Crippen LogP contribution in [0.25, 0.3) is 0 Å². The molecule has 0 saturated carbocycles. The highest BCUT2D eigenvalue weighted by atomic mass is 16.5. The highest BCUT2D eigenvalue weighted by Crippen LogP contribution is 2.20. The Hall–Kier alpha value is -3.02. The molecule has 0 radical (unpaired) electrons. The van der Waals surface area contributed by atoms with Crippen LogP contribution in [0.4, 0.5) is 5.69 Å². The average Bonchev–Trinajstić information content (AvgIpc) is 2.70. The number of anilines is 1. The van der Waals surface area contributed by atoms with Gasteiger partial charge in [0.2, 0.25) is 0 Å². The van der Waals surface area contributed by atoms with E-state index in [1.807, 2.05) is 48.5 Å². The van der Waals surface area contributed by atoms with Gasteiger partial charge in [-0.3, -0.25) is 4.79 Å². The Morgan fingerprint density at radius 3 is 2.59 bits per heavy atom. The largest absolute Gasteiger partial charge is 0.560 e. The summed E-state index contributed by atoms with van der Waals surface area (Å²) in [6, 6.07) is 14.9. The Bertz CT molecular complexity index is 790. The first-order chi connectivity index (χ1) is 13.1. The smallest absolute Gasteiger partial charge is 0.323 e. The minimum absolute atomic E-state index is 0.109. The molecule has 2 aromatic rings. The van der Waals surface area contributed by atoms with Crippen molar-refractivity contribution in [2.45, 2.75) is 18.9 Å². The maximum absolute atomic E-state index is 13.0. The molecule has 5 nitrogen and oxygen atoms in total. The van der Waals surface area contributed by atoms with E-state index in [9.17, 15) is 4.79 Å². The number of nitrogens with zero attached hydrogens (tertiary/aromatic N) is 2. The molecule has 0 heterocycles. The van der Waals surface area contributed by atoms with E-state index in [1.54, 1.807) is 19.1 Å². The zero-order valence-electron chi connectivity index (χ0n) is 16.1. The SMILES string of the molecule is BOC=N[C@@H](Cc1cccc(CC=C)c1)C(=O)N(C)c1ccc(OC)cc1. The number of hydrogen-bond donors (Lipinski definition) is 0. The van der Waals surface area contributed by atoms with Gasteiger partial charge in [0.15, 0.2) is 6.40 Å². The second-order valence-corrected chi connectivity index (χ2v) is 6.12. The van der Waals surface area contributed by atoms with Crippen molar-refractivity contribution < 1.29 is 14.2 Å². The summed E-state index contributed by atoms with van der Waals surface area (Å²) >= 11 is 0. The van der Waals surface area contributed by atoms with Crippen LogP contribution in [0.15, 0.2) is 66.2 Å². The van der Waals surface area contributed by atoms with Gasteiger partial charge in [0.05, 0.1) is 7.11 Å². The van der Waals surface area contributed by atoms with Crippen molar-refractivity contribution in [3.63, 3.8) is 0 Å². The molecule has 1 atom stereocenters. The van der Waals surface area contributed by atoms with Crippen LogP contribution < -0.4 is 9.64 Å². The third-order valence-corrected chi connectivity index (χ3v) is 4.22. The normalized spacial score (nSPS) is 11.8. The van der Waals surface area contributed by atoms with E-state index >= 15 is 0 Å². The first-order valence-electron chi connectivity index (χ1n) is 8.73. The number of likely N-dealkylation sites (N-methyl/N-ethyl adjacent to an activating group) is 1. The number of aliphatic imine (C=N–C) groups is 1. The monoisotopic (exact) mass is 364 g/mol. The van der Waals surface area contributed by atoms with Gasteiger partial charge in [-0.05, 0) is 41.8 Å². The fourth-order valence-corrected chi connectivity index (χ4v) is 2.77. The van der Waals surface area contributed by atoms with Crippen molar-refractivity contribution >= 4 is 26.0 Å². The number of methoxy groups -OCH3 is 1. The lowest BCUT2D eigenvalue weighted by Crippen LogP contribution is -2.37. The molecule has 0 spiro atoms. The van der Waals surface area contributed by atoms with Crippen molar-refractivity contribution in [2.75, 3.05) is 19.1 Å². The summed E-state index contributed by atoms with van der Waals surface area (Å²) in [5.74, 6) is 0.634. The van der Waals surface area contributed by atoms with Crippen LogP contribution in [0.3, 0.4) is 0 Å². The van der Waals surface area contributed by atoms with Crippen molar-refractivity contribution in [1.29, 1.82) is 0 Å². The maximum Gasteiger partial charge on any atom is 0.323 e. The van der Waals surface area contributed by atoms with Gasteiger partial charge in [-0.25, -0.2) is 4.99 Å². The first kappa shape index (κ1) is 20.3. The fraction of sp³-hybridized carbons (Fsp3) is 0.238. The molecule has 0 aromatic heterocycles. The third kappa shape index (κ3) is 5.74. The molecule has 0 N–H and O–H groups in total. The lowest BCUT2D eigenvalue weighted by atomic mass is 10.0. The predicted molar refractivity (Wildman–Crippen MR) is 112 cm³/mol. The van der Waals surface area contributed by atoms with Gasteiger partial charge >= 0.3 is 8.05 Å². The molecule has 0 aliphatic carbocycles. The summed E-state index contributed by atoms with van der Waals surface area (Å²) in [6.45, 7) is 3.77. The van der Waals surface area contributed by atoms with Gasteiger partial charge in [0.1, 0.15) is 11.8 Å². The van der Waals surface area contributed by atoms with E-state index in [0.717, 1.165) is 29.0 Å². The van der Waals surface area contributed by atoms with E-state index in [-0.39, 0.29) is 5.91 Å². The van der Waals surface area contributed by atoms with Crippen molar-refractivity contribution in [3.05, 3.63) is 72.3 Å². The Kier molecular flexibility index (Phi) is 7.68. The predicted octanol–water partition coefficient (Wildman–Crippen LogP) is 2.59. The first-order valence-corrected chi connectivity index (χ1v) is 8.73. The van der Waals surface area contributed by atoms with Gasteiger partial charge in [-0.2, -0.15) is 0 Å². The molecule has 0 aliphatic rings. The van der Waals surface area contributed by atoms with Gasteiger partial charge < -0.3 is 14.3 Å². The molecule has 0 fully saturated rings. The van der Waals surface area contributed by atoms with Crippen LogP contribution in [0.1, 0.15) is 11.1 Å². The Morgan fingerprint density at radius 2 is 1.96 bits per heavy atom. The lowest BCUT2D eigenvalue weighted by molar-refractivity contribution is -0.119. The minimum atomic E-state index is -0.573. The number of carbonyl (C=O) groups is 1. The highest BCUT2D eigenvalue weighted by Gasteiger charge is 2.23. The zero-order chi connectivity index (χ0) is 19.6. The van der Waals surface area contributed by atoms with Crippen LogP contribution in [0.5, 0.6) is 5.75 Å². The second-order valence-electron chi connectivity index (χ2n) is 6.12. The third-order valence-electron chi connectivity index (χ3n) is 4.22. The molecule has 2 rings (SSSR count).